The summed E-state index contributed by atoms with van der Waals surface area (Å²) in [7, 11) is 1.33. The number of ether oxygens (including phenoxy) is 7. The Morgan fingerprint density at radius 1 is 0.860 bits per heavy atom. The van der Waals surface area contributed by atoms with Crippen LogP contribution >= 0.6 is 0 Å². The van der Waals surface area contributed by atoms with E-state index in [9.17, 15) is 70.2 Å². The molecule has 0 bridgehead atoms. The van der Waals surface area contributed by atoms with Gasteiger partial charge in [-0.2, -0.15) is 0 Å². The Kier molecular flexibility index (Phi) is 19.8. The normalized spacial score (nSPS) is 36.8. The van der Waals surface area contributed by atoms with Crippen LogP contribution in [-0.4, -0.2) is 206 Å². The number of aliphatic hydroxyl groups is 9. The number of aliphatic hydroxyl groups excluding tert-OH is 9. The fraction of sp³-hybridized carbons (Fsp3) is 0.882. The molecule has 2 amide bonds. The molecule has 0 radical (unpaired) electrons. The summed E-state index contributed by atoms with van der Waals surface area (Å²) in [6.45, 7) is -1.66. The van der Waals surface area contributed by atoms with Gasteiger partial charge in [0.15, 0.2) is 12.6 Å². The van der Waals surface area contributed by atoms with E-state index in [1.165, 1.54) is 7.11 Å². The van der Waals surface area contributed by atoms with Crippen molar-refractivity contribution < 1.29 is 103 Å². The van der Waals surface area contributed by atoms with Crippen LogP contribution in [0.3, 0.4) is 0 Å². The van der Waals surface area contributed by atoms with Crippen LogP contribution in [0, 0.1) is 0 Å². The first-order valence-electron chi connectivity index (χ1n) is 18.7. The molecule has 3 saturated heterocycles. The standard InChI is InChI=1S/C34H58N2O21/c1-16(41)36-22-17(42)11-34(33(49)50,56-29(22)24(45)18(43)12-37)57-30-26(47)20(14-39)54-32(27(30)48)55-28-23(35-15-40)31(53-19(13-38)25(28)46)52-10-8-6-4-3-5-7-9-21(44)51-2/h15,17-20,22-32,37-39,42-43,45-48H,3-14H2,1-2H3,(H,35,40)(H,36,41)(H,49,50)/t17?,18?,19?,20?,22-,23?,24?,25-,26+,27?,28?,29?,30?,31-,32?,34+/m1/s1. The second kappa shape index (κ2) is 23.2. The van der Waals surface area contributed by atoms with Gasteiger partial charge in [-0.25, -0.2) is 4.79 Å². The highest BCUT2D eigenvalue weighted by Crippen LogP contribution is 2.38. The summed E-state index contributed by atoms with van der Waals surface area (Å²) < 4.78 is 39.0. The molecular weight excluding hydrogens is 772 g/mol. The zero-order chi connectivity index (χ0) is 42.4. The monoisotopic (exact) mass is 830 g/mol. The first kappa shape index (κ1) is 48.6. The number of nitrogens with one attached hydrogen (secondary N) is 2. The highest BCUT2D eigenvalue weighted by atomic mass is 16.8. The molecule has 0 aliphatic carbocycles. The summed E-state index contributed by atoms with van der Waals surface area (Å²) in [4.78, 5) is 47.7. The number of unbranched alkanes of at least 4 members (excludes halogenated alkanes) is 5. The van der Waals surface area contributed by atoms with Crippen molar-refractivity contribution in [3.05, 3.63) is 0 Å². The molecule has 3 fully saturated rings. The predicted molar refractivity (Wildman–Crippen MR) is 185 cm³/mol. The number of carboxylic acid groups (broad SMARTS) is 1. The molecule has 0 saturated carbocycles. The van der Waals surface area contributed by atoms with E-state index in [2.05, 4.69) is 15.4 Å². The van der Waals surface area contributed by atoms with Crippen molar-refractivity contribution >= 4 is 24.3 Å². The van der Waals surface area contributed by atoms with Gasteiger partial charge in [0.25, 0.3) is 5.79 Å². The van der Waals surface area contributed by atoms with E-state index in [-0.39, 0.29) is 19.0 Å². The number of hydrogen-bond acceptors (Lipinski definition) is 20. The molecule has 16 atom stereocenters. The van der Waals surface area contributed by atoms with Crippen molar-refractivity contribution in [2.75, 3.05) is 33.5 Å². The number of amides is 2. The van der Waals surface area contributed by atoms with Gasteiger partial charge in [-0.15, -0.1) is 0 Å². The van der Waals surface area contributed by atoms with Gasteiger partial charge in [0, 0.05) is 26.4 Å². The second-order valence-electron chi connectivity index (χ2n) is 14.1. The average molecular weight is 831 g/mol. The molecule has 0 aromatic carbocycles. The maximum Gasteiger partial charge on any atom is 0.364 e. The lowest BCUT2D eigenvalue weighted by molar-refractivity contribution is -0.381. The SMILES string of the molecule is COC(=O)CCCCCCCCO[C@@H]1OC(CO)[C@@H](O)C(OC2OC(CO)[C@H](O)C(O[C@]3(C(=O)O)CC(O)[C@@H](NC(C)=O)C(C(O)C(O)CO)O3)C2O)C1NC=O. The zero-order valence-electron chi connectivity index (χ0n) is 31.7. The molecule has 57 heavy (non-hydrogen) atoms. The van der Waals surface area contributed by atoms with E-state index in [1.807, 2.05) is 0 Å². The summed E-state index contributed by atoms with van der Waals surface area (Å²) >= 11 is 0. The first-order chi connectivity index (χ1) is 27.1. The highest BCUT2D eigenvalue weighted by Gasteiger charge is 2.60. The van der Waals surface area contributed by atoms with Gasteiger partial charge < -0.3 is 94.9 Å². The molecule has 3 heterocycles. The van der Waals surface area contributed by atoms with Crippen LogP contribution in [0.1, 0.15) is 58.3 Å². The van der Waals surface area contributed by atoms with Crippen LogP contribution in [0.4, 0.5) is 0 Å². The smallest absolute Gasteiger partial charge is 0.364 e. The fourth-order valence-corrected chi connectivity index (χ4v) is 6.94. The number of carbonyl (C=O) groups is 4. The van der Waals surface area contributed by atoms with Crippen LogP contribution in [0.2, 0.25) is 0 Å². The van der Waals surface area contributed by atoms with Crippen LogP contribution < -0.4 is 10.6 Å². The van der Waals surface area contributed by atoms with Gasteiger partial charge in [0.2, 0.25) is 12.3 Å². The Morgan fingerprint density at radius 2 is 1.46 bits per heavy atom. The van der Waals surface area contributed by atoms with E-state index in [0.29, 0.717) is 19.3 Å². The van der Waals surface area contributed by atoms with Crippen LogP contribution in [0.25, 0.3) is 0 Å². The topological polar surface area (TPSA) is 359 Å². The number of esters is 1. The maximum atomic E-state index is 12.8. The molecule has 23 heteroatoms. The third-order valence-corrected chi connectivity index (χ3v) is 10.0. The van der Waals surface area contributed by atoms with Crippen LogP contribution in [0.5, 0.6) is 0 Å². The summed E-state index contributed by atoms with van der Waals surface area (Å²) in [6, 6.07) is -2.89. The van der Waals surface area contributed by atoms with Crippen molar-refractivity contribution in [2.45, 2.75) is 156 Å². The summed E-state index contributed by atoms with van der Waals surface area (Å²) in [5.41, 5.74) is 0. The third kappa shape index (κ3) is 12.6. The van der Waals surface area contributed by atoms with E-state index in [4.69, 9.17) is 28.4 Å². The van der Waals surface area contributed by atoms with Crippen molar-refractivity contribution in [1.82, 2.24) is 10.6 Å². The van der Waals surface area contributed by atoms with Gasteiger partial charge in [-0.1, -0.05) is 25.7 Å². The van der Waals surface area contributed by atoms with E-state index in [1.54, 1.807) is 0 Å². The number of hydrogen-bond donors (Lipinski definition) is 12. The molecule has 330 valence electrons. The Hall–Kier alpha value is -2.72. The number of carboxylic acids is 1. The maximum absolute atomic E-state index is 12.8. The molecule has 0 aromatic heterocycles. The number of carbonyl (C=O) groups excluding carboxylic acids is 3. The lowest BCUT2D eigenvalue weighted by Gasteiger charge is -2.51. The molecule has 3 rings (SSSR count). The lowest BCUT2D eigenvalue weighted by atomic mass is 9.88. The van der Waals surface area contributed by atoms with Crippen LogP contribution in [-0.2, 0) is 52.3 Å². The molecule has 3 aliphatic heterocycles. The van der Waals surface area contributed by atoms with Crippen molar-refractivity contribution in [3.63, 3.8) is 0 Å². The Balaban J connectivity index is 1.82. The molecule has 11 unspecified atom stereocenters. The van der Waals surface area contributed by atoms with E-state index in [0.717, 1.165) is 32.6 Å². The molecular formula is C34H58N2O21. The minimum atomic E-state index is -3.05. The molecule has 23 nitrogen and oxygen atoms in total. The molecule has 0 spiro atoms. The van der Waals surface area contributed by atoms with Gasteiger partial charge in [-0.05, 0) is 12.8 Å². The lowest BCUT2D eigenvalue weighted by Crippen LogP contribution is -2.71. The minimum Gasteiger partial charge on any atom is -0.477 e. The molecule has 3 aliphatic rings. The van der Waals surface area contributed by atoms with Crippen molar-refractivity contribution in [3.8, 4) is 0 Å². The highest BCUT2D eigenvalue weighted by molar-refractivity contribution is 5.76. The summed E-state index contributed by atoms with van der Waals surface area (Å²) in [5, 5.41) is 110. The van der Waals surface area contributed by atoms with Crippen molar-refractivity contribution in [1.29, 1.82) is 0 Å². The van der Waals surface area contributed by atoms with Gasteiger partial charge >= 0.3 is 11.9 Å². The molecule has 12 N–H and O–H groups in total. The minimum absolute atomic E-state index is 0.0962. The predicted octanol–water partition coefficient (Wildman–Crippen LogP) is -5.54. The summed E-state index contributed by atoms with van der Waals surface area (Å²) in [6.07, 6.45) is -20.0. The Labute approximate surface area is 327 Å². The van der Waals surface area contributed by atoms with Gasteiger partial charge in [0.1, 0.15) is 67.1 Å². The summed E-state index contributed by atoms with van der Waals surface area (Å²) in [5.74, 6) is -6.05. The Morgan fingerprint density at radius 3 is 2.02 bits per heavy atom. The first-order valence-corrected chi connectivity index (χ1v) is 18.7. The fourth-order valence-electron chi connectivity index (χ4n) is 6.94. The third-order valence-electron chi connectivity index (χ3n) is 10.0. The van der Waals surface area contributed by atoms with Gasteiger partial charge in [0.05, 0.1) is 39.1 Å². The van der Waals surface area contributed by atoms with E-state index >= 15 is 0 Å². The van der Waals surface area contributed by atoms with Crippen molar-refractivity contribution in [2.24, 2.45) is 0 Å². The second-order valence-corrected chi connectivity index (χ2v) is 14.1. The van der Waals surface area contributed by atoms with Gasteiger partial charge in [-0.3, -0.25) is 14.4 Å². The number of rotatable bonds is 23. The van der Waals surface area contributed by atoms with E-state index < -0.39 is 136 Å². The largest absolute Gasteiger partial charge is 0.477 e. The number of methoxy groups -OCH3 is 1. The van der Waals surface area contributed by atoms with Crippen LogP contribution in [0.15, 0.2) is 0 Å². The number of aliphatic carboxylic acids is 1. The average Bonchev–Trinajstić information content (AvgIpc) is 3.18. The molecule has 0 aromatic rings. The Bertz CT molecular complexity index is 1270. The quantitative estimate of drug-likeness (QED) is 0.0259. The zero-order valence-corrected chi connectivity index (χ0v) is 31.7.